The summed E-state index contributed by atoms with van der Waals surface area (Å²) in [6.45, 7) is 9.50. The zero-order valence-electron chi connectivity index (χ0n) is 21.3. The number of rotatable bonds is 4. The highest BCUT2D eigenvalue weighted by atomic mass is 16.5. The Morgan fingerprint density at radius 3 is 2.79 bits per heavy atom. The van der Waals surface area contributed by atoms with Crippen molar-refractivity contribution in [2.75, 3.05) is 19.0 Å². The third-order valence-electron chi connectivity index (χ3n) is 9.92. The van der Waals surface area contributed by atoms with Crippen molar-refractivity contribution in [2.24, 2.45) is 34.5 Å². The Labute approximate surface area is 203 Å². The number of hydrogen-bond donors (Lipinski definition) is 1. The summed E-state index contributed by atoms with van der Waals surface area (Å²) in [5.41, 5.74) is 3.53. The van der Waals surface area contributed by atoms with Crippen LogP contribution >= 0.6 is 0 Å². The molecule has 0 radical (unpaired) electrons. The van der Waals surface area contributed by atoms with Crippen LogP contribution in [0.1, 0.15) is 72.6 Å². The summed E-state index contributed by atoms with van der Waals surface area (Å²) in [7, 11) is 1.97. The molecule has 0 spiro atoms. The van der Waals surface area contributed by atoms with Crippen LogP contribution < -0.4 is 10.1 Å². The van der Waals surface area contributed by atoms with E-state index < -0.39 is 0 Å². The molecule has 6 atom stereocenters. The first-order valence-electron chi connectivity index (χ1n) is 13.1. The molecule has 4 aliphatic rings. The number of nitrogens with one attached hydrogen (secondary N) is 1. The van der Waals surface area contributed by atoms with E-state index >= 15 is 0 Å². The molecule has 1 saturated heterocycles. The van der Waals surface area contributed by atoms with E-state index in [4.69, 9.17) is 4.74 Å². The Balaban J connectivity index is 1.38. The first-order valence-corrected chi connectivity index (χ1v) is 13.1. The lowest BCUT2D eigenvalue weighted by Gasteiger charge is -2.59. The lowest BCUT2D eigenvalue weighted by Crippen LogP contribution is -2.54. The number of aromatic nitrogens is 1. The quantitative estimate of drug-likeness (QED) is 0.645. The molecule has 184 valence electrons. The van der Waals surface area contributed by atoms with E-state index in [0.717, 1.165) is 44.2 Å². The molecule has 1 aliphatic heterocycles. The number of nitrogens with zero attached hydrogens (tertiary/aromatic N) is 2. The molecule has 3 aliphatic carbocycles. The first-order chi connectivity index (χ1) is 16.2. The van der Waals surface area contributed by atoms with Gasteiger partial charge in [0, 0.05) is 48.4 Å². The fraction of sp³-hybridized carbons (Fsp3) is 0.679. The van der Waals surface area contributed by atoms with Gasteiger partial charge in [-0.15, -0.1) is 0 Å². The SMILES string of the molecule is CCOc1cc(NC(=O)[C@H]2CC[C@H]3[C@@H]4CC(C)=C5N(C)C(=O)CC[C@]5(C)[C@H]4CC[C@]23C)ccn1. The number of piperidine rings is 1. The Morgan fingerprint density at radius 1 is 1.24 bits per heavy atom. The van der Waals surface area contributed by atoms with Gasteiger partial charge in [0.1, 0.15) is 0 Å². The Hall–Kier alpha value is -2.37. The minimum atomic E-state index is 0.0194. The van der Waals surface area contributed by atoms with Gasteiger partial charge in [0.15, 0.2) is 0 Å². The van der Waals surface area contributed by atoms with Gasteiger partial charge in [-0.2, -0.15) is 0 Å². The molecular formula is C28H39N3O3. The number of hydrogen-bond acceptors (Lipinski definition) is 4. The van der Waals surface area contributed by atoms with Gasteiger partial charge in [-0.25, -0.2) is 4.98 Å². The summed E-state index contributed by atoms with van der Waals surface area (Å²) in [4.78, 5) is 32.2. The van der Waals surface area contributed by atoms with Crippen molar-refractivity contribution in [2.45, 2.75) is 72.6 Å². The van der Waals surface area contributed by atoms with Gasteiger partial charge >= 0.3 is 0 Å². The predicted molar refractivity (Wildman–Crippen MR) is 132 cm³/mol. The molecule has 5 rings (SSSR count). The number of carbonyl (C=O) groups is 2. The minimum Gasteiger partial charge on any atom is -0.478 e. The zero-order chi connectivity index (χ0) is 24.3. The van der Waals surface area contributed by atoms with Gasteiger partial charge in [-0.05, 0) is 81.6 Å². The number of carbonyl (C=O) groups excluding carboxylic acids is 2. The number of fused-ring (bicyclic) bond motifs is 5. The Morgan fingerprint density at radius 2 is 2.03 bits per heavy atom. The first kappa shape index (κ1) is 23.4. The van der Waals surface area contributed by atoms with Crippen LogP contribution in [-0.2, 0) is 9.59 Å². The molecule has 6 nitrogen and oxygen atoms in total. The minimum absolute atomic E-state index is 0.0194. The van der Waals surface area contributed by atoms with E-state index in [1.165, 1.54) is 11.3 Å². The number of anilines is 1. The van der Waals surface area contributed by atoms with Crippen LogP contribution in [0.4, 0.5) is 5.69 Å². The summed E-state index contributed by atoms with van der Waals surface area (Å²) in [5, 5.41) is 3.17. The van der Waals surface area contributed by atoms with Gasteiger partial charge in [0.2, 0.25) is 17.7 Å². The lowest BCUT2D eigenvalue weighted by atomic mass is 9.48. The van der Waals surface area contributed by atoms with Crippen LogP contribution in [0.3, 0.4) is 0 Å². The fourth-order valence-electron chi connectivity index (χ4n) is 8.48. The molecule has 0 bridgehead atoms. The molecule has 0 unspecified atom stereocenters. The normalized spacial score (nSPS) is 37.1. The van der Waals surface area contributed by atoms with Crippen molar-refractivity contribution >= 4 is 17.5 Å². The molecule has 2 amide bonds. The summed E-state index contributed by atoms with van der Waals surface area (Å²) in [6, 6.07) is 3.65. The van der Waals surface area contributed by atoms with E-state index in [1.807, 2.05) is 31.0 Å². The molecule has 2 heterocycles. The maximum atomic E-state index is 13.5. The number of likely N-dealkylation sites (tertiary alicyclic amines) is 1. The summed E-state index contributed by atoms with van der Waals surface area (Å²) >= 11 is 0. The van der Waals surface area contributed by atoms with Gasteiger partial charge in [0.25, 0.3) is 0 Å². The molecule has 1 aromatic rings. The third kappa shape index (κ3) is 3.47. The average Bonchev–Trinajstić information content (AvgIpc) is 3.15. The molecule has 6 heteroatoms. The molecule has 2 saturated carbocycles. The molecule has 1 N–H and O–H groups in total. The molecule has 0 aromatic carbocycles. The summed E-state index contributed by atoms with van der Waals surface area (Å²) in [6.07, 6.45) is 8.64. The number of pyridine rings is 1. The van der Waals surface area contributed by atoms with Crippen molar-refractivity contribution in [1.29, 1.82) is 0 Å². The molecule has 3 fully saturated rings. The Bertz CT molecular complexity index is 1040. The van der Waals surface area contributed by atoms with Gasteiger partial charge in [0.05, 0.1) is 6.61 Å². The molecule has 1 aromatic heterocycles. The van der Waals surface area contributed by atoms with Crippen molar-refractivity contribution in [3.8, 4) is 5.88 Å². The summed E-state index contributed by atoms with van der Waals surface area (Å²) < 4.78 is 5.50. The van der Waals surface area contributed by atoms with Crippen LogP contribution in [0.25, 0.3) is 0 Å². The summed E-state index contributed by atoms with van der Waals surface area (Å²) in [5.74, 6) is 2.70. The predicted octanol–water partition coefficient (Wildman–Crippen LogP) is 5.41. The average molecular weight is 466 g/mol. The van der Waals surface area contributed by atoms with Gasteiger partial charge < -0.3 is 15.0 Å². The van der Waals surface area contributed by atoms with E-state index in [-0.39, 0.29) is 28.6 Å². The van der Waals surface area contributed by atoms with Crippen LogP contribution in [0.15, 0.2) is 29.6 Å². The number of allylic oxidation sites excluding steroid dienone is 2. The maximum Gasteiger partial charge on any atom is 0.228 e. The lowest BCUT2D eigenvalue weighted by molar-refractivity contribution is -0.137. The van der Waals surface area contributed by atoms with Gasteiger partial charge in [-0.1, -0.05) is 19.4 Å². The van der Waals surface area contributed by atoms with E-state index in [0.29, 0.717) is 36.7 Å². The second-order valence-corrected chi connectivity index (χ2v) is 11.6. The highest BCUT2D eigenvalue weighted by molar-refractivity contribution is 5.93. The highest BCUT2D eigenvalue weighted by Gasteiger charge is 2.61. The maximum absolute atomic E-state index is 13.5. The van der Waals surface area contributed by atoms with Crippen LogP contribution in [0.2, 0.25) is 0 Å². The monoisotopic (exact) mass is 465 g/mol. The van der Waals surface area contributed by atoms with E-state index in [9.17, 15) is 9.59 Å². The van der Waals surface area contributed by atoms with Crippen LogP contribution in [0, 0.1) is 34.5 Å². The van der Waals surface area contributed by atoms with Crippen molar-refractivity contribution in [3.63, 3.8) is 0 Å². The van der Waals surface area contributed by atoms with E-state index in [2.05, 4.69) is 31.1 Å². The largest absolute Gasteiger partial charge is 0.478 e. The fourth-order valence-corrected chi connectivity index (χ4v) is 8.48. The second-order valence-electron chi connectivity index (χ2n) is 11.6. The zero-order valence-corrected chi connectivity index (χ0v) is 21.3. The Kier molecular flexibility index (Phi) is 5.77. The van der Waals surface area contributed by atoms with Crippen molar-refractivity contribution in [1.82, 2.24) is 9.88 Å². The van der Waals surface area contributed by atoms with Crippen LogP contribution in [-0.4, -0.2) is 35.4 Å². The number of amides is 2. The van der Waals surface area contributed by atoms with Crippen molar-refractivity contribution < 1.29 is 14.3 Å². The third-order valence-corrected chi connectivity index (χ3v) is 9.92. The van der Waals surface area contributed by atoms with Gasteiger partial charge in [-0.3, -0.25) is 9.59 Å². The van der Waals surface area contributed by atoms with E-state index in [1.54, 1.807) is 6.20 Å². The topological polar surface area (TPSA) is 71.5 Å². The molecule has 34 heavy (non-hydrogen) atoms. The smallest absolute Gasteiger partial charge is 0.228 e. The highest BCUT2D eigenvalue weighted by Crippen LogP contribution is 2.66. The van der Waals surface area contributed by atoms with Crippen molar-refractivity contribution in [3.05, 3.63) is 29.6 Å². The second kappa shape index (κ2) is 8.39. The van der Waals surface area contributed by atoms with Crippen LogP contribution in [0.5, 0.6) is 5.88 Å². The number of ether oxygens (including phenoxy) is 1. The standard InChI is InChI=1S/C28H39N3O3/c1-6-34-23-16-18(11-14-29-23)30-26(33)22-8-7-20-19-15-17(2)25-28(4,13-10-24(32)31(25)5)21(19)9-12-27(20,22)3/h11,14,16,19-22H,6-10,12-13,15H2,1-5H3,(H,29,30,33)/t19-,20-,21-,22+,27-,28+/m0/s1. The molecular weight excluding hydrogens is 426 g/mol.